The Hall–Kier alpha value is -1.63. The Morgan fingerprint density at radius 1 is 1.48 bits per heavy atom. The third-order valence-electron chi connectivity index (χ3n) is 4.00. The van der Waals surface area contributed by atoms with Gasteiger partial charge in [0.25, 0.3) is 0 Å². The molecule has 1 saturated carbocycles. The van der Waals surface area contributed by atoms with Crippen LogP contribution in [0.5, 0.6) is 0 Å². The zero-order chi connectivity index (χ0) is 15.5. The smallest absolute Gasteiger partial charge is 0.317 e. The number of hydrogen-bond donors (Lipinski definition) is 2. The minimum Gasteiger partial charge on any atom is -0.481 e. The topological polar surface area (TPSA) is 82.5 Å². The van der Waals surface area contributed by atoms with E-state index in [-0.39, 0.29) is 12.6 Å². The fourth-order valence-electron chi connectivity index (χ4n) is 2.69. The van der Waals surface area contributed by atoms with Gasteiger partial charge in [0.05, 0.1) is 22.7 Å². The Kier molecular flexibility index (Phi) is 4.82. The number of rotatable bonds is 5. The third kappa shape index (κ3) is 3.72. The predicted octanol–water partition coefficient (Wildman–Crippen LogP) is 2.24. The first-order valence-electron chi connectivity index (χ1n) is 7.06. The van der Waals surface area contributed by atoms with Gasteiger partial charge in [0.2, 0.25) is 0 Å². The monoisotopic (exact) mass is 311 g/mol. The van der Waals surface area contributed by atoms with Crippen molar-refractivity contribution in [3.05, 3.63) is 16.1 Å². The van der Waals surface area contributed by atoms with Gasteiger partial charge in [-0.2, -0.15) is 0 Å². The molecule has 1 aromatic heterocycles. The van der Waals surface area contributed by atoms with Crippen LogP contribution >= 0.6 is 11.3 Å². The van der Waals surface area contributed by atoms with E-state index in [4.69, 9.17) is 0 Å². The fraction of sp³-hybridized carbons (Fsp3) is 0.643. The molecule has 0 aromatic carbocycles. The molecular formula is C14H21N3O3S. The Morgan fingerprint density at radius 3 is 2.67 bits per heavy atom. The van der Waals surface area contributed by atoms with Gasteiger partial charge < -0.3 is 15.3 Å². The number of carbonyl (C=O) groups is 2. The van der Waals surface area contributed by atoms with Gasteiger partial charge in [0, 0.05) is 19.0 Å². The zero-order valence-electron chi connectivity index (χ0n) is 12.4. The number of aryl methyl sites for hydroxylation is 1. The summed E-state index contributed by atoms with van der Waals surface area (Å²) in [4.78, 5) is 29.3. The first-order valence-corrected chi connectivity index (χ1v) is 7.94. The maximum absolute atomic E-state index is 12.1. The number of nitrogens with zero attached hydrogens (tertiary/aromatic N) is 2. The molecule has 0 spiro atoms. The molecule has 1 aromatic rings. The van der Waals surface area contributed by atoms with Crippen LogP contribution in [-0.2, 0) is 11.3 Å². The summed E-state index contributed by atoms with van der Waals surface area (Å²) < 4.78 is 0. The van der Waals surface area contributed by atoms with Gasteiger partial charge >= 0.3 is 12.0 Å². The number of amides is 2. The van der Waals surface area contributed by atoms with E-state index < -0.39 is 11.4 Å². The van der Waals surface area contributed by atoms with Gasteiger partial charge in [-0.05, 0) is 19.8 Å². The number of aromatic nitrogens is 1. The van der Waals surface area contributed by atoms with Crippen LogP contribution in [0.15, 0.2) is 5.38 Å². The highest BCUT2D eigenvalue weighted by atomic mass is 32.1. The van der Waals surface area contributed by atoms with Gasteiger partial charge in [0.15, 0.2) is 0 Å². The largest absolute Gasteiger partial charge is 0.481 e. The van der Waals surface area contributed by atoms with Crippen molar-refractivity contribution in [3.8, 4) is 0 Å². The lowest BCUT2D eigenvalue weighted by Crippen LogP contribution is -2.45. The number of nitrogens with one attached hydrogen (secondary N) is 1. The summed E-state index contributed by atoms with van der Waals surface area (Å²) >= 11 is 1.55. The molecule has 1 aliphatic carbocycles. The Balaban J connectivity index is 1.87. The summed E-state index contributed by atoms with van der Waals surface area (Å²) in [7, 11) is 1.69. The zero-order valence-corrected chi connectivity index (χ0v) is 13.2. The molecule has 0 unspecified atom stereocenters. The summed E-state index contributed by atoms with van der Waals surface area (Å²) in [5.41, 5.74) is 0.0669. The summed E-state index contributed by atoms with van der Waals surface area (Å²) in [6.45, 7) is 2.54. The van der Waals surface area contributed by atoms with Crippen molar-refractivity contribution in [2.24, 2.45) is 5.41 Å². The van der Waals surface area contributed by atoms with Crippen molar-refractivity contribution in [1.29, 1.82) is 0 Å². The number of urea groups is 1. The molecule has 0 saturated heterocycles. The van der Waals surface area contributed by atoms with E-state index in [1.54, 1.807) is 18.4 Å². The number of thiazole rings is 1. The minimum absolute atomic E-state index is 0.196. The molecule has 116 valence electrons. The number of carboxylic acids is 1. The van der Waals surface area contributed by atoms with Crippen molar-refractivity contribution < 1.29 is 14.7 Å². The number of carboxylic acid groups (broad SMARTS) is 1. The van der Waals surface area contributed by atoms with Crippen LogP contribution in [0.25, 0.3) is 0 Å². The number of carbonyl (C=O) groups excluding carboxylic acids is 1. The lowest BCUT2D eigenvalue weighted by atomic mass is 9.86. The molecule has 21 heavy (non-hydrogen) atoms. The van der Waals surface area contributed by atoms with E-state index >= 15 is 0 Å². The Labute approximate surface area is 128 Å². The standard InChI is InChI=1S/C14H21N3O3S/c1-10-16-11(8-21-10)7-17(2)13(20)15-9-14(12(18)19)5-3-4-6-14/h8H,3-7,9H2,1-2H3,(H,15,20)(H,18,19). The van der Waals surface area contributed by atoms with Crippen molar-refractivity contribution in [2.75, 3.05) is 13.6 Å². The van der Waals surface area contributed by atoms with Crippen LogP contribution in [0, 0.1) is 12.3 Å². The molecule has 0 atom stereocenters. The van der Waals surface area contributed by atoms with Gasteiger partial charge in [0.1, 0.15) is 0 Å². The summed E-state index contributed by atoms with van der Waals surface area (Å²) in [6, 6.07) is -0.256. The van der Waals surface area contributed by atoms with E-state index in [9.17, 15) is 14.7 Å². The average molecular weight is 311 g/mol. The molecule has 0 bridgehead atoms. The number of aliphatic carboxylic acids is 1. The predicted molar refractivity (Wildman–Crippen MR) is 80.3 cm³/mol. The third-order valence-corrected chi connectivity index (χ3v) is 4.83. The van der Waals surface area contributed by atoms with E-state index in [0.29, 0.717) is 19.4 Å². The molecule has 1 aliphatic rings. The van der Waals surface area contributed by atoms with Gasteiger partial charge in [-0.1, -0.05) is 12.8 Å². The second-order valence-corrected chi connectivity index (χ2v) is 6.73. The minimum atomic E-state index is -0.807. The maximum atomic E-state index is 12.1. The van der Waals surface area contributed by atoms with Gasteiger partial charge in [-0.25, -0.2) is 9.78 Å². The lowest BCUT2D eigenvalue weighted by molar-refractivity contribution is -0.148. The van der Waals surface area contributed by atoms with Crippen molar-refractivity contribution in [3.63, 3.8) is 0 Å². The first kappa shape index (κ1) is 15.8. The molecule has 1 heterocycles. The van der Waals surface area contributed by atoms with Crippen LogP contribution in [-0.4, -0.2) is 40.6 Å². The van der Waals surface area contributed by atoms with Gasteiger partial charge in [-0.3, -0.25) is 4.79 Å². The van der Waals surface area contributed by atoms with E-state index in [0.717, 1.165) is 23.5 Å². The van der Waals surface area contributed by atoms with Crippen molar-refractivity contribution in [2.45, 2.75) is 39.2 Å². The molecule has 0 radical (unpaired) electrons. The van der Waals surface area contributed by atoms with Crippen LogP contribution in [0.3, 0.4) is 0 Å². The molecule has 2 rings (SSSR count). The van der Waals surface area contributed by atoms with Crippen LogP contribution in [0.1, 0.15) is 36.4 Å². The summed E-state index contributed by atoms with van der Waals surface area (Å²) in [5.74, 6) is -0.807. The molecule has 2 N–H and O–H groups in total. The van der Waals surface area contributed by atoms with E-state index in [2.05, 4.69) is 10.3 Å². The SMILES string of the molecule is Cc1nc(CN(C)C(=O)NCC2(C(=O)O)CCCC2)cs1. The highest BCUT2D eigenvalue weighted by Crippen LogP contribution is 2.37. The van der Waals surface area contributed by atoms with E-state index in [1.807, 2.05) is 12.3 Å². The van der Waals surface area contributed by atoms with Gasteiger partial charge in [-0.15, -0.1) is 11.3 Å². The fourth-order valence-corrected chi connectivity index (χ4v) is 3.30. The highest BCUT2D eigenvalue weighted by molar-refractivity contribution is 7.09. The summed E-state index contributed by atoms with van der Waals surface area (Å²) in [5, 5.41) is 15.0. The van der Waals surface area contributed by atoms with E-state index in [1.165, 1.54) is 4.90 Å². The highest BCUT2D eigenvalue weighted by Gasteiger charge is 2.41. The molecule has 1 fully saturated rings. The quantitative estimate of drug-likeness (QED) is 0.873. The lowest BCUT2D eigenvalue weighted by Gasteiger charge is -2.25. The van der Waals surface area contributed by atoms with Crippen molar-refractivity contribution in [1.82, 2.24) is 15.2 Å². The van der Waals surface area contributed by atoms with Crippen LogP contribution < -0.4 is 5.32 Å². The summed E-state index contributed by atoms with van der Waals surface area (Å²) in [6.07, 6.45) is 3.10. The normalized spacial score (nSPS) is 16.7. The average Bonchev–Trinajstić information content (AvgIpc) is 3.06. The molecular weight excluding hydrogens is 290 g/mol. The molecule has 2 amide bonds. The molecule has 6 nitrogen and oxygen atoms in total. The first-order chi connectivity index (χ1) is 9.93. The molecule has 7 heteroatoms. The Morgan fingerprint density at radius 2 is 2.14 bits per heavy atom. The number of hydrogen-bond acceptors (Lipinski definition) is 4. The van der Waals surface area contributed by atoms with Crippen LogP contribution in [0.4, 0.5) is 4.79 Å². The maximum Gasteiger partial charge on any atom is 0.317 e. The van der Waals surface area contributed by atoms with Crippen LogP contribution in [0.2, 0.25) is 0 Å². The second kappa shape index (κ2) is 6.43. The van der Waals surface area contributed by atoms with Crippen molar-refractivity contribution >= 4 is 23.3 Å². The molecule has 0 aliphatic heterocycles. The second-order valence-electron chi connectivity index (χ2n) is 5.67. The Bertz CT molecular complexity index is 523.